The standard InChI is InChI=1S/C19H20FNO3S/c1-13-3-5-15(6-4-13)11-25-12-18(22)24-14(2)19(23)21-17-9-7-16(20)8-10-17/h3-10,14H,11-12H2,1-2H3,(H,21,23)/t14-/m1/s1. The molecule has 6 heteroatoms. The topological polar surface area (TPSA) is 55.4 Å². The number of hydrogen-bond acceptors (Lipinski definition) is 4. The van der Waals surface area contributed by atoms with Gasteiger partial charge in [-0.1, -0.05) is 29.8 Å². The largest absolute Gasteiger partial charge is 0.452 e. The number of benzene rings is 2. The van der Waals surface area contributed by atoms with Crippen molar-refractivity contribution in [3.8, 4) is 0 Å². The van der Waals surface area contributed by atoms with Crippen LogP contribution in [-0.2, 0) is 20.1 Å². The molecule has 0 aliphatic carbocycles. The lowest BCUT2D eigenvalue weighted by Gasteiger charge is -2.13. The molecule has 4 nitrogen and oxygen atoms in total. The Kier molecular flexibility index (Phi) is 7.01. The summed E-state index contributed by atoms with van der Waals surface area (Å²) in [5.74, 6) is -0.418. The van der Waals surface area contributed by atoms with Gasteiger partial charge in [0.15, 0.2) is 6.10 Å². The van der Waals surface area contributed by atoms with Gasteiger partial charge in [0.1, 0.15) is 5.82 Å². The number of ether oxygens (including phenoxy) is 1. The summed E-state index contributed by atoms with van der Waals surface area (Å²) in [5, 5.41) is 2.57. The molecular formula is C19H20FNO3S. The maximum atomic E-state index is 12.8. The predicted octanol–water partition coefficient (Wildman–Crippen LogP) is 3.94. The number of nitrogens with one attached hydrogen (secondary N) is 1. The van der Waals surface area contributed by atoms with Crippen molar-refractivity contribution in [2.24, 2.45) is 0 Å². The third-order valence-electron chi connectivity index (χ3n) is 3.40. The van der Waals surface area contributed by atoms with Gasteiger partial charge in [0.25, 0.3) is 5.91 Å². The zero-order chi connectivity index (χ0) is 18.2. The number of esters is 1. The summed E-state index contributed by atoms with van der Waals surface area (Å²) in [6.07, 6.45) is -0.919. The van der Waals surface area contributed by atoms with Gasteiger partial charge in [-0.25, -0.2) is 4.39 Å². The van der Waals surface area contributed by atoms with Crippen LogP contribution in [0.25, 0.3) is 0 Å². The molecule has 0 saturated carbocycles. The van der Waals surface area contributed by atoms with E-state index in [1.165, 1.54) is 48.5 Å². The van der Waals surface area contributed by atoms with Gasteiger partial charge in [-0.3, -0.25) is 9.59 Å². The molecule has 1 atom stereocenters. The second-order valence-electron chi connectivity index (χ2n) is 5.61. The maximum absolute atomic E-state index is 12.8. The molecule has 0 saturated heterocycles. The number of anilines is 1. The van der Waals surface area contributed by atoms with E-state index in [4.69, 9.17) is 4.74 Å². The molecule has 0 unspecified atom stereocenters. The summed E-state index contributed by atoms with van der Waals surface area (Å²) in [7, 11) is 0. The predicted molar refractivity (Wildman–Crippen MR) is 97.9 cm³/mol. The number of rotatable bonds is 7. The lowest BCUT2D eigenvalue weighted by molar-refractivity contribution is -0.150. The number of thioether (sulfide) groups is 1. The zero-order valence-electron chi connectivity index (χ0n) is 14.1. The van der Waals surface area contributed by atoms with E-state index in [0.717, 1.165) is 5.56 Å². The first-order valence-electron chi connectivity index (χ1n) is 7.83. The monoisotopic (exact) mass is 361 g/mol. The number of hydrogen-bond donors (Lipinski definition) is 1. The highest BCUT2D eigenvalue weighted by Gasteiger charge is 2.17. The van der Waals surface area contributed by atoms with Crippen LogP contribution in [-0.4, -0.2) is 23.7 Å². The van der Waals surface area contributed by atoms with Gasteiger partial charge in [0.05, 0.1) is 5.75 Å². The lowest BCUT2D eigenvalue weighted by Crippen LogP contribution is -2.30. The normalized spacial score (nSPS) is 11.6. The summed E-state index contributed by atoms with van der Waals surface area (Å²) in [5.41, 5.74) is 2.77. The molecule has 0 spiro atoms. The maximum Gasteiger partial charge on any atom is 0.316 e. The Balaban J connectivity index is 1.72. The Bertz CT molecular complexity index is 716. The highest BCUT2D eigenvalue weighted by atomic mass is 32.2. The molecule has 0 aromatic heterocycles. The van der Waals surface area contributed by atoms with E-state index < -0.39 is 18.0 Å². The zero-order valence-corrected chi connectivity index (χ0v) is 14.9. The molecule has 132 valence electrons. The van der Waals surface area contributed by atoms with Gasteiger partial charge in [0, 0.05) is 11.4 Å². The van der Waals surface area contributed by atoms with Crippen molar-refractivity contribution >= 4 is 29.3 Å². The fourth-order valence-corrected chi connectivity index (χ4v) is 2.76. The minimum Gasteiger partial charge on any atom is -0.452 e. The quantitative estimate of drug-likeness (QED) is 0.759. The van der Waals surface area contributed by atoms with E-state index >= 15 is 0 Å². The molecule has 2 aromatic carbocycles. The Morgan fingerprint density at radius 3 is 2.40 bits per heavy atom. The summed E-state index contributed by atoms with van der Waals surface area (Å²) in [4.78, 5) is 23.8. The highest BCUT2D eigenvalue weighted by Crippen LogP contribution is 2.14. The fraction of sp³-hybridized carbons (Fsp3) is 0.263. The number of carbonyl (C=O) groups is 2. The fourth-order valence-electron chi connectivity index (χ4n) is 2.00. The first kappa shape index (κ1) is 19.0. The van der Waals surface area contributed by atoms with Crippen molar-refractivity contribution in [3.63, 3.8) is 0 Å². The molecule has 1 N–H and O–H groups in total. The second kappa shape index (κ2) is 9.22. The molecule has 1 amide bonds. The highest BCUT2D eigenvalue weighted by molar-refractivity contribution is 7.99. The van der Waals surface area contributed by atoms with Crippen LogP contribution in [0.1, 0.15) is 18.1 Å². The van der Waals surface area contributed by atoms with Crippen molar-refractivity contribution in [1.82, 2.24) is 0 Å². The van der Waals surface area contributed by atoms with E-state index in [-0.39, 0.29) is 11.6 Å². The summed E-state index contributed by atoms with van der Waals surface area (Å²) >= 11 is 1.43. The third-order valence-corrected chi connectivity index (χ3v) is 4.38. The molecular weight excluding hydrogens is 341 g/mol. The Hall–Kier alpha value is -2.34. The van der Waals surface area contributed by atoms with Gasteiger partial charge < -0.3 is 10.1 Å². The van der Waals surface area contributed by atoms with Crippen molar-refractivity contribution in [3.05, 3.63) is 65.5 Å². The Morgan fingerprint density at radius 1 is 1.12 bits per heavy atom. The number of halogens is 1. The number of amides is 1. The first-order chi connectivity index (χ1) is 11.9. The summed E-state index contributed by atoms with van der Waals surface area (Å²) in [6.45, 7) is 3.52. The minimum absolute atomic E-state index is 0.169. The Labute approximate surface area is 150 Å². The van der Waals surface area contributed by atoms with Gasteiger partial charge in [-0.05, 0) is 43.7 Å². The summed E-state index contributed by atoms with van der Waals surface area (Å²) in [6, 6.07) is 13.5. The van der Waals surface area contributed by atoms with Gasteiger partial charge >= 0.3 is 5.97 Å². The minimum atomic E-state index is -0.919. The molecule has 2 aromatic rings. The molecule has 0 bridgehead atoms. The van der Waals surface area contributed by atoms with Crippen LogP contribution in [0.3, 0.4) is 0 Å². The molecule has 25 heavy (non-hydrogen) atoms. The van der Waals surface area contributed by atoms with Crippen LogP contribution in [0.2, 0.25) is 0 Å². The SMILES string of the molecule is Cc1ccc(CSCC(=O)O[C@H](C)C(=O)Nc2ccc(F)cc2)cc1. The molecule has 0 aliphatic rings. The molecule has 0 aliphatic heterocycles. The molecule has 2 rings (SSSR count). The third kappa shape index (κ3) is 6.58. The van der Waals surface area contributed by atoms with Crippen molar-refractivity contribution < 1.29 is 18.7 Å². The van der Waals surface area contributed by atoms with Crippen LogP contribution < -0.4 is 5.32 Å². The lowest BCUT2D eigenvalue weighted by atomic mass is 10.2. The van der Waals surface area contributed by atoms with E-state index in [9.17, 15) is 14.0 Å². The van der Waals surface area contributed by atoms with Crippen LogP contribution in [0.15, 0.2) is 48.5 Å². The second-order valence-corrected chi connectivity index (χ2v) is 6.59. The van der Waals surface area contributed by atoms with E-state index in [1.807, 2.05) is 31.2 Å². The van der Waals surface area contributed by atoms with Crippen molar-refractivity contribution in [1.29, 1.82) is 0 Å². The van der Waals surface area contributed by atoms with Crippen molar-refractivity contribution in [2.75, 3.05) is 11.1 Å². The first-order valence-corrected chi connectivity index (χ1v) is 8.98. The average molecular weight is 361 g/mol. The van der Waals surface area contributed by atoms with E-state index in [2.05, 4.69) is 5.32 Å². The van der Waals surface area contributed by atoms with Crippen molar-refractivity contribution in [2.45, 2.75) is 25.7 Å². The summed E-state index contributed by atoms with van der Waals surface area (Å²) < 4.78 is 18.0. The Morgan fingerprint density at radius 2 is 1.76 bits per heavy atom. The van der Waals surface area contributed by atoms with Crippen LogP contribution >= 0.6 is 11.8 Å². The van der Waals surface area contributed by atoms with E-state index in [1.54, 1.807) is 0 Å². The molecule has 0 fully saturated rings. The smallest absolute Gasteiger partial charge is 0.316 e. The van der Waals surface area contributed by atoms with Crippen LogP contribution in [0.4, 0.5) is 10.1 Å². The van der Waals surface area contributed by atoms with Gasteiger partial charge in [-0.2, -0.15) is 0 Å². The van der Waals surface area contributed by atoms with Crippen LogP contribution in [0, 0.1) is 12.7 Å². The number of aryl methyl sites for hydroxylation is 1. The number of carbonyl (C=O) groups excluding carboxylic acids is 2. The molecule has 0 heterocycles. The van der Waals surface area contributed by atoms with Gasteiger partial charge in [-0.15, -0.1) is 11.8 Å². The molecule has 0 radical (unpaired) electrons. The van der Waals surface area contributed by atoms with E-state index in [0.29, 0.717) is 11.4 Å². The van der Waals surface area contributed by atoms with Crippen LogP contribution in [0.5, 0.6) is 0 Å². The van der Waals surface area contributed by atoms with Gasteiger partial charge in [0.2, 0.25) is 0 Å². The average Bonchev–Trinajstić information content (AvgIpc) is 2.58.